The summed E-state index contributed by atoms with van der Waals surface area (Å²) in [5.74, 6) is 1.59. The summed E-state index contributed by atoms with van der Waals surface area (Å²) >= 11 is 1.65. The number of aryl methyl sites for hydroxylation is 2. The third-order valence-corrected chi connectivity index (χ3v) is 5.42. The zero-order valence-corrected chi connectivity index (χ0v) is 14.9. The van der Waals surface area contributed by atoms with Crippen LogP contribution in [0.25, 0.3) is 0 Å². The SMILES string of the molecule is Cc1noc(C)c1CSc1ccccc1C(=O)NC1CCCNC1. The molecule has 6 heteroatoms. The number of carbonyl (C=O) groups is 1. The molecule has 1 atom stereocenters. The molecule has 2 N–H and O–H groups in total. The van der Waals surface area contributed by atoms with Crippen LogP contribution in [-0.4, -0.2) is 30.2 Å². The molecule has 0 bridgehead atoms. The van der Waals surface area contributed by atoms with Crippen LogP contribution >= 0.6 is 11.8 Å². The van der Waals surface area contributed by atoms with Crippen molar-refractivity contribution in [1.82, 2.24) is 15.8 Å². The molecule has 0 aliphatic carbocycles. The molecule has 1 amide bonds. The first-order chi connectivity index (χ1) is 11.6. The van der Waals surface area contributed by atoms with Gasteiger partial charge < -0.3 is 15.2 Å². The number of aromatic nitrogens is 1. The van der Waals surface area contributed by atoms with Gasteiger partial charge in [0.2, 0.25) is 0 Å². The Balaban J connectivity index is 1.69. The van der Waals surface area contributed by atoms with Gasteiger partial charge in [-0.15, -0.1) is 11.8 Å². The van der Waals surface area contributed by atoms with Gasteiger partial charge in [-0.2, -0.15) is 0 Å². The van der Waals surface area contributed by atoms with Crippen molar-refractivity contribution in [2.75, 3.05) is 13.1 Å². The van der Waals surface area contributed by atoms with Crippen LogP contribution in [0.2, 0.25) is 0 Å². The Morgan fingerprint density at radius 2 is 2.25 bits per heavy atom. The topological polar surface area (TPSA) is 67.2 Å². The van der Waals surface area contributed by atoms with Crippen molar-refractivity contribution in [2.24, 2.45) is 0 Å². The van der Waals surface area contributed by atoms with Crippen molar-refractivity contribution in [3.8, 4) is 0 Å². The average Bonchev–Trinajstić information content (AvgIpc) is 2.92. The van der Waals surface area contributed by atoms with Gasteiger partial charge in [-0.25, -0.2) is 0 Å². The molecular formula is C18H23N3O2S. The van der Waals surface area contributed by atoms with Crippen molar-refractivity contribution in [2.45, 2.75) is 43.4 Å². The molecule has 0 spiro atoms. The van der Waals surface area contributed by atoms with E-state index in [1.807, 2.05) is 38.1 Å². The fraction of sp³-hybridized carbons (Fsp3) is 0.444. The van der Waals surface area contributed by atoms with E-state index in [0.717, 1.165) is 59.2 Å². The van der Waals surface area contributed by atoms with Crippen LogP contribution in [0.4, 0.5) is 0 Å². The highest BCUT2D eigenvalue weighted by molar-refractivity contribution is 7.98. The summed E-state index contributed by atoms with van der Waals surface area (Å²) in [7, 11) is 0. The fourth-order valence-corrected chi connectivity index (χ4v) is 4.08. The smallest absolute Gasteiger partial charge is 0.252 e. The highest BCUT2D eigenvalue weighted by Gasteiger charge is 2.19. The van der Waals surface area contributed by atoms with Crippen LogP contribution in [0.5, 0.6) is 0 Å². The highest BCUT2D eigenvalue weighted by atomic mass is 32.2. The second kappa shape index (κ2) is 7.85. The minimum absolute atomic E-state index is 0.00515. The van der Waals surface area contributed by atoms with Crippen molar-refractivity contribution in [1.29, 1.82) is 0 Å². The van der Waals surface area contributed by atoms with Crippen molar-refractivity contribution < 1.29 is 9.32 Å². The van der Waals surface area contributed by atoms with Crippen LogP contribution in [0.15, 0.2) is 33.7 Å². The first-order valence-corrected chi connectivity index (χ1v) is 9.29. The maximum atomic E-state index is 12.6. The number of hydrogen-bond donors (Lipinski definition) is 2. The number of benzene rings is 1. The number of rotatable bonds is 5. The van der Waals surface area contributed by atoms with Gasteiger partial charge in [0.1, 0.15) is 5.76 Å². The Bertz CT molecular complexity index is 689. The Morgan fingerprint density at radius 3 is 2.96 bits per heavy atom. The number of thioether (sulfide) groups is 1. The summed E-state index contributed by atoms with van der Waals surface area (Å²) in [4.78, 5) is 13.6. The fourth-order valence-electron chi connectivity index (χ4n) is 2.88. The molecule has 24 heavy (non-hydrogen) atoms. The molecule has 5 nitrogen and oxygen atoms in total. The van der Waals surface area contributed by atoms with Crippen LogP contribution < -0.4 is 10.6 Å². The van der Waals surface area contributed by atoms with E-state index in [1.165, 1.54) is 0 Å². The van der Waals surface area contributed by atoms with Crippen molar-refractivity contribution >= 4 is 17.7 Å². The van der Waals surface area contributed by atoms with E-state index in [9.17, 15) is 4.79 Å². The van der Waals surface area contributed by atoms with Crippen LogP contribution in [0.3, 0.4) is 0 Å². The molecule has 1 unspecified atom stereocenters. The van der Waals surface area contributed by atoms with E-state index in [0.29, 0.717) is 0 Å². The standard InChI is InChI=1S/C18H23N3O2S/c1-12-16(13(2)23-21-12)11-24-17-8-4-3-7-15(17)18(22)20-14-6-5-9-19-10-14/h3-4,7-8,14,19H,5-6,9-11H2,1-2H3,(H,20,22). The Labute approximate surface area is 146 Å². The maximum absolute atomic E-state index is 12.6. The lowest BCUT2D eigenvalue weighted by Gasteiger charge is -2.24. The van der Waals surface area contributed by atoms with E-state index in [2.05, 4.69) is 15.8 Å². The van der Waals surface area contributed by atoms with E-state index in [-0.39, 0.29) is 11.9 Å². The summed E-state index contributed by atoms with van der Waals surface area (Å²) in [6.45, 7) is 5.75. The van der Waals surface area contributed by atoms with Gasteiger partial charge >= 0.3 is 0 Å². The predicted octanol–water partition coefficient (Wildman–Crippen LogP) is 3.07. The van der Waals surface area contributed by atoms with Gasteiger partial charge in [0, 0.05) is 28.8 Å². The lowest BCUT2D eigenvalue weighted by atomic mass is 10.1. The van der Waals surface area contributed by atoms with E-state index >= 15 is 0 Å². The largest absolute Gasteiger partial charge is 0.361 e. The Hall–Kier alpha value is -1.79. The summed E-state index contributed by atoms with van der Waals surface area (Å²) in [6.07, 6.45) is 2.14. The minimum Gasteiger partial charge on any atom is -0.361 e. The van der Waals surface area contributed by atoms with Gasteiger partial charge in [0.15, 0.2) is 0 Å². The number of hydrogen-bond acceptors (Lipinski definition) is 5. The van der Waals surface area contributed by atoms with E-state index in [4.69, 9.17) is 4.52 Å². The third kappa shape index (κ3) is 3.99. The first kappa shape index (κ1) is 17.0. The maximum Gasteiger partial charge on any atom is 0.252 e. The average molecular weight is 345 g/mol. The van der Waals surface area contributed by atoms with Crippen LogP contribution in [-0.2, 0) is 5.75 Å². The summed E-state index contributed by atoms with van der Waals surface area (Å²) in [6, 6.07) is 7.98. The molecule has 1 fully saturated rings. The number of nitrogens with zero attached hydrogens (tertiary/aromatic N) is 1. The molecular weight excluding hydrogens is 322 g/mol. The Morgan fingerprint density at radius 1 is 1.42 bits per heavy atom. The van der Waals surface area contributed by atoms with Gasteiger partial charge in [-0.1, -0.05) is 17.3 Å². The third-order valence-electron chi connectivity index (χ3n) is 4.32. The zero-order valence-electron chi connectivity index (χ0n) is 14.1. The lowest BCUT2D eigenvalue weighted by molar-refractivity contribution is 0.0927. The molecule has 0 saturated carbocycles. The van der Waals surface area contributed by atoms with Gasteiger partial charge in [-0.3, -0.25) is 4.79 Å². The number of amides is 1. The van der Waals surface area contributed by atoms with Gasteiger partial charge in [-0.05, 0) is 45.4 Å². The molecule has 3 rings (SSSR count). The number of nitrogens with one attached hydrogen (secondary N) is 2. The second-order valence-corrected chi connectivity index (χ2v) is 7.12. The van der Waals surface area contributed by atoms with Crippen LogP contribution in [0, 0.1) is 13.8 Å². The normalized spacial score (nSPS) is 17.7. The van der Waals surface area contributed by atoms with Gasteiger partial charge in [0.05, 0.1) is 11.3 Å². The van der Waals surface area contributed by atoms with Crippen LogP contribution in [0.1, 0.15) is 40.2 Å². The molecule has 1 aliphatic heterocycles. The van der Waals surface area contributed by atoms with Crippen molar-refractivity contribution in [3.63, 3.8) is 0 Å². The molecule has 0 radical (unpaired) electrons. The molecule has 2 aromatic rings. The minimum atomic E-state index is 0.00515. The molecule has 1 aromatic carbocycles. The summed E-state index contributed by atoms with van der Waals surface area (Å²) in [5, 5.41) is 10.5. The number of piperidine rings is 1. The second-order valence-electron chi connectivity index (χ2n) is 6.10. The summed E-state index contributed by atoms with van der Waals surface area (Å²) in [5.41, 5.74) is 2.75. The van der Waals surface area contributed by atoms with E-state index < -0.39 is 0 Å². The molecule has 2 heterocycles. The number of carbonyl (C=O) groups excluding carboxylic acids is 1. The zero-order chi connectivity index (χ0) is 16.9. The molecule has 1 saturated heterocycles. The quantitative estimate of drug-likeness (QED) is 0.815. The molecule has 1 aromatic heterocycles. The summed E-state index contributed by atoms with van der Waals surface area (Å²) < 4.78 is 5.21. The molecule has 128 valence electrons. The lowest BCUT2D eigenvalue weighted by Crippen LogP contribution is -2.45. The predicted molar refractivity (Wildman–Crippen MR) is 95.3 cm³/mol. The van der Waals surface area contributed by atoms with E-state index in [1.54, 1.807) is 11.8 Å². The first-order valence-electron chi connectivity index (χ1n) is 8.30. The van der Waals surface area contributed by atoms with Gasteiger partial charge in [0.25, 0.3) is 5.91 Å². The Kier molecular flexibility index (Phi) is 5.58. The monoisotopic (exact) mass is 345 g/mol. The highest BCUT2D eigenvalue weighted by Crippen LogP contribution is 2.28. The van der Waals surface area contributed by atoms with Crippen molar-refractivity contribution in [3.05, 3.63) is 46.8 Å². The molecule has 1 aliphatic rings.